The number of ether oxygens (including phenoxy) is 1. The van der Waals surface area contributed by atoms with Crippen LogP contribution in [0.4, 0.5) is 10.8 Å². The molecule has 0 saturated carbocycles. The van der Waals surface area contributed by atoms with E-state index in [1.807, 2.05) is 24.4 Å². The standard InChI is InChI=1S/C17H22N4O2S/c1-11-10-24-17(19-11)20(4)16(22)15-7-14(5-6-18-15)21-8-12(2)23-13(3)9-21/h5-7,10,12-13H,8-9H2,1-4H3/t12-,13-/m1/s1. The van der Waals surface area contributed by atoms with Crippen LogP contribution in [-0.4, -0.2) is 48.2 Å². The van der Waals surface area contributed by atoms with Gasteiger partial charge in [0.1, 0.15) is 5.69 Å². The average molecular weight is 346 g/mol. The SMILES string of the molecule is Cc1csc(N(C)C(=O)c2cc(N3C[C@@H](C)O[C@H](C)C3)ccn2)n1. The molecule has 0 radical (unpaired) electrons. The number of rotatable bonds is 3. The molecule has 0 unspecified atom stereocenters. The van der Waals surface area contributed by atoms with Crippen molar-refractivity contribution in [3.05, 3.63) is 35.1 Å². The molecule has 6 nitrogen and oxygen atoms in total. The zero-order chi connectivity index (χ0) is 17.3. The van der Waals surface area contributed by atoms with E-state index >= 15 is 0 Å². The van der Waals surface area contributed by atoms with Gasteiger partial charge in [-0.2, -0.15) is 0 Å². The van der Waals surface area contributed by atoms with Gasteiger partial charge < -0.3 is 9.64 Å². The van der Waals surface area contributed by atoms with Crippen molar-refractivity contribution in [3.63, 3.8) is 0 Å². The van der Waals surface area contributed by atoms with Crippen molar-refractivity contribution in [2.75, 3.05) is 29.9 Å². The predicted octanol–water partition coefficient (Wildman–Crippen LogP) is 2.74. The molecule has 128 valence electrons. The maximum Gasteiger partial charge on any atom is 0.278 e. The van der Waals surface area contributed by atoms with E-state index in [9.17, 15) is 4.79 Å². The third-order valence-electron chi connectivity index (χ3n) is 3.95. The second kappa shape index (κ2) is 6.86. The van der Waals surface area contributed by atoms with Crippen LogP contribution in [0.15, 0.2) is 23.7 Å². The van der Waals surface area contributed by atoms with Crippen molar-refractivity contribution < 1.29 is 9.53 Å². The van der Waals surface area contributed by atoms with E-state index in [0.29, 0.717) is 10.8 Å². The molecular weight excluding hydrogens is 324 g/mol. The summed E-state index contributed by atoms with van der Waals surface area (Å²) in [5.74, 6) is -0.152. The van der Waals surface area contributed by atoms with Gasteiger partial charge in [-0.1, -0.05) is 0 Å². The summed E-state index contributed by atoms with van der Waals surface area (Å²) in [6.07, 6.45) is 2.03. The van der Waals surface area contributed by atoms with Crippen LogP contribution in [0.25, 0.3) is 0 Å². The molecule has 3 heterocycles. The van der Waals surface area contributed by atoms with Crippen LogP contribution in [0.2, 0.25) is 0 Å². The lowest BCUT2D eigenvalue weighted by atomic mass is 10.2. The molecule has 0 N–H and O–H groups in total. The van der Waals surface area contributed by atoms with Gasteiger partial charge in [-0.25, -0.2) is 4.98 Å². The molecule has 7 heteroatoms. The molecule has 3 rings (SSSR count). The fraction of sp³-hybridized carbons (Fsp3) is 0.471. The Kier molecular flexibility index (Phi) is 4.82. The number of aryl methyl sites for hydroxylation is 1. The van der Waals surface area contributed by atoms with E-state index in [-0.39, 0.29) is 18.1 Å². The molecule has 0 aromatic carbocycles. The molecule has 1 amide bonds. The number of nitrogens with zero attached hydrogens (tertiary/aromatic N) is 4. The summed E-state index contributed by atoms with van der Waals surface area (Å²) in [5, 5.41) is 2.61. The molecule has 2 atom stereocenters. The first kappa shape index (κ1) is 16.9. The van der Waals surface area contributed by atoms with Crippen LogP contribution in [-0.2, 0) is 4.74 Å². The minimum absolute atomic E-state index is 0.152. The third-order valence-corrected chi connectivity index (χ3v) is 4.98. The summed E-state index contributed by atoms with van der Waals surface area (Å²) < 4.78 is 5.77. The smallest absolute Gasteiger partial charge is 0.278 e. The van der Waals surface area contributed by atoms with E-state index in [4.69, 9.17) is 4.74 Å². The normalized spacial score (nSPS) is 20.9. The van der Waals surface area contributed by atoms with Gasteiger partial charge in [-0.3, -0.25) is 14.7 Å². The van der Waals surface area contributed by atoms with E-state index in [0.717, 1.165) is 24.5 Å². The fourth-order valence-corrected chi connectivity index (χ4v) is 3.64. The maximum absolute atomic E-state index is 12.7. The van der Waals surface area contributed by atoms with E-state index in [1.165, 1.54) is 11.3 Å². The summed E-state index contributed by atoms with van der Waals surface area (Å²) in [6, 6.07) is 3.79. The number of hydrogen-bond donors (Lipinski definition) is 0. The van der Waals surface area contributed by atoms with Gasteiger partial charge >= 0.3 is 0 Å². The molecule has 24 heavy (non-hydrogen) atoms. The zero-order valence-corrected chi connectivity index (χ0v) is 15.2. The average Bonchev–Trinajstić information content (AvgIpc) is 2.99. The molecule has 0 bridgehead atoms. The summed E-state index contributed by atoms with van der Waals surface area (Å²) >= 11 is 1.45. The first-order valence-corrected chi connectivity index (χ1v) is 8.88. The summed E-state index contributed by atoms with van der Waals surface area (Å²) in [6.45, 7) is 7.66. The van der Waals surface area contributed by atoms with Crippen LogP contribution < -0.4 is 9.80 Å². The van der Waals surface area contributed by atoms with Crippen LogP contribution in [0.1, 0.15) is 30.0 Å². The van der Waals surface area contributed by atoms with Gasteiger partial charge in [0.05, 0.1) is 17.9 Å². The summed E-state index contributed by atoms with van der Waals surface area (Å²) in [7, 11) is 1.73. The van der Waals surface area contributed by atoms with Gasteiger partial charge in [0, 0.05) is 37.4 Å². The molecule has 2 aromatic heterocycles. The quantitative estimate of drug-likeness (QED) is 0.855. The van der Waals surface area contributed by atoms with E-state index < -0.39 is 0 Å². The predicted molar refractivity (Wildman–Crippen MR) is 96.0 cm³/mol. The third kappa shape index (κ3) is 3.57. The highest BCUT2D eigenvalue weighted by atomic mass is 32.1. The van der Waals surface area contributed by atoms with Crippen molar-refractivity contribution in [2.45, 2.75) is 33.0 Å². The number of anilines is 2. The second-order valence-corrected chi connectivity index (χ2v) is 7.03. The molecule has 1 fully saturated rings. The molecule has 1 saturated heterocycles. The van der Waals surface area contributed by atoms with E-state index in [1.54, 1.807) is 18.1 Å². The molecule has 1 aliphatic heterocycles. The highest BCUT2D eigenvalue weighted by Gasteiger charge is 2.24. The Labute approximate surface area is 146 Å². The largest absolute Gasteiger partial charge is 0.372 e. The van der Waals surface area contributed by atoms with Crippen LogP contribution in [0.5, 0.6) is 0 Å². The Hall–Kier alpha value is -1.99. The Morgan fingerprint density at radius 3 is 2.71 bits per heavy atom. The minimum Gasteiger partial charge on any atom is -0.372 e. The summed E-state index contributed by atoms with van der Waals surface area (Å²) in [5.41, 5.74) is 2.33. The number of hydrogen-bond acceptors (Lipinski definition) is 6. The van der Waals surface area contributed by atoms with Gasteiger partial charge in [-0.05, 0) is 32.9 Å². The maximum atomic E-state index is 12.7. The van der Waals surface area contributed by atoms with Crippen molar-refractivity contribution in [2.24, 2.45) is 0 Å². The Bertz CT molecular complexity index is 723. The molecule has 2 aromatic rings. The zero-order valence-electron chi connectivity index (χ0n) is 14.4. The van der Waals surface area contributed by atoms with Crippen molar-refractivity contribution in [1.82, 2.24) is 9.97 Å². The van der Waals surface area contributed by atoms with Gasteiger partial charge in [0.25, 0.3) is 5.91 Å². The number of thiazole rings is 1. The Balaban J connectivity index is 1.81. The number of carbonyl (C=O) groups excluding carboxylic acids is 1. The van der Waals surface area contributed by atoms with Gasteiger partial charge in [0.2, 0.25) is 0 Å². The topological polar surface area (TPSA) is 58.6 Å². The molecular formula is C17H22N4O2S. The highest BCUT2D eigenvalue weighted by molar-refractivity contribution is 7.14. The van der Waals surface area contributed by atoms with Gasteiger partial charge in [-0.15, -0.1) is 11.3 Å². The van der Waals surface area contributed by atoms with Crippen LogP contribution in [0, 0.1) is 6.92 Å². The minimum atomic E-state index is -0.152. The fourth-order valence-electron chi connectivity index (χ4n) is 2.88. The number of aromatic nitrogens is 2. The van der Waals surface area contributed by atoms with Crippen molar-refractivity contribution in [1.29, 1.82) is 0 Å². The second-order valence-electron chi connectivity index (χ2n) is 6.20. The summed E-state index contributed by atoms with van der Waals surface area (Å²) in [4.78, 5) is 25.1. The number of pyridine rings is 1. The van der Waals surface area contributed by atoms with Crippen molar-refractivity contribution in [3.8, 4) is 0 Å². The van der Waals surface area contributed by atoms with Crippen LogP contribution in [0.3, 0.4) is 0 Å². The molecule has 0 spiro atoms. The lowest BCUT2D eigenvalue weighted by Crippen LogP contribution is -2.45. The monoisotopic (exact) mass is 346 g/mol. The number of amides is 1. The first-order valence-electron chi connectivity index (χ1n) is 8.00. The van der Waals surface area contributed by atoms with E-state index in [2.05, 4.69) is 28.7 Å². The lowest BCUT2D eigenvalue weighted by molar-refractivity contribution is -0.00522. The van der Waals surface area contributed by atoms with Gasteiger partial charge in [0.15, 0.2) is 5.13 Å². The number of morpholine rings is 1. The first-order chi connectivity index (χ1) is 11.4. The Morgan fingerprint density at radius 2 is 2.08 bits per heavy atom. The highest BCUT2D eigenvalue weighted by Crippen LogP contribution is 2.23. The number of carbonyl (C=O) groups is 1. The molecule has 1 aliphatic rings. The lowest BCUT2D eigenvalue weighted by Gasteiger charge is -2.36. The van der Waals surface area contributed by atoms with Crippen LogP contribution >= 0.6 is 11.3 Å². The molecule has 0 aliphatic carbocycles. The van der Waals surface area contributed by atoms with Crippen molar-refractivity contribution >= 4 is 28.1 Å². The Morgan fingerprint density at radius 1 is 1.38 bits per heavy atom.